The number of carbonyl (C=O) groups excluding carboxylic acids is 2. The van der Waals surface area contributed by atoms with Crippen LogP contribution in [0.2, 0.25) is 0 Å². The third-order valence-corrected chi connectivity index (χ3v) is 5.95. The van der Waals surface area contributed by atoms with Crippen molar-refractivity contribution in [3.8, 4) is 0 Å². The van der Waals surface area contributed by atoms with Crippen molar-refractivity contribution in [1.82, 2.24) is 5.43 Å². The van der Waals surface area contributed by atoms with Crippen LogP contribution in [0, 0.1) is 16.2 Å². The number of ketones is 1. The highest BCUT2D eigenvalue weighted by Crippen LogP contribution is 2.69. The number of carbonyl (C=O) groups is 3. The minimum absolute atomic E-state index is 0.0716. The molecule has 2 atom stereocenters. The molecule has 1 aromatic heterocycles. The van der Waals surface area contributed by atoms with Crippen LogP contribution in [0.1, 0.15) is 44.2 Å². The normalized spacial score (nSPS) is 33.2. The molecule has 2 saturated carbocycles. The van der Waals surface area contributed by atoms with Crippen LogP contribution in [-0.4, -0.2) is 28.5 Å². The fourth-order valence-corrected chi connectivity index (χ4v) is 4.01. The smallest absolute Gasteiger partial charge is 0.318 e. The van der Waals surface area contributed by atoms with Gasteiger partial charge >= 0.3 is 11.9 Å². The van der Waals surface area contributed by atoms with Gasteiger partial charge in [0.1, 0.15) is 11.1 Å². The van der Waals surface area contributed by atoms with Gasteiger partial charge in [0.2, 0.25) is 0 Å². The molecule has 2 bridgehead atoms. The summed E-state index contributed by atoms with van der Waals surface area (Å²) in [4.78, 5) is 36.5. The number of rotatable bonds is 3. The van der Waals surface area contributed by atoms with E-state index in [1.165, 1.54) is 12.3 Å². The summed E-state index contributed by atoms with van der Waals surface area (Å²) in [6.45, 7) is 5.40. The summed E-state index contributed by atoms with van der Waals surface area (Å²) in [5, 5.41) is 13.7. The number of aliphatic carboxylic acids is 1. The minimum atomic E-state index is -1.48. The molecule has 1 aromatic rings. The topological polar surface area (TPSA) is 109 Å². The van der Waals surface area contributed by atoms with E-state index in [-0.39, 0.29) is 17.9 Å². The van der Waals surface area contributed by atoms with Crippen molar-refractivity contribution in [3.63, 3.8) is 0 Å². The molecule has 2 aliphatic rings. The van der Waals surface area contributed by atoms with E-state index in [2.05, 4.69) is 10.5 Å². The number of hydrogen-bond acceptors (Lipinski definition) is 5. The number of nitrogens with zero attached hydrogens (tertiary/aromatic N) is 1. The maximum absolute atomic E-state index is 12.8. The van der Waals surface area contributed by atoms with Gasteiger partial charge in [-0.25, -0.2) is 5.43 Å². The lowest BCUT2D eigenvalue weighted by molar-refractivity contribution is -0.158. The van der Waals surface area contributed by atoms with Gasteiger partial charge in [-0.15, -0.1) is 0 Å². The van der Waals surface area contributed by atoms with Gasteiger partial charge in [-0.3, -0.25) is 14.4 Å². The van der Waals surface area contributed by atoms with Gasteiger partial charge in [0.25, 0.3) is 0 Å². The molecule has 2 fully saturated rings. The van der Waals surface area contributed by atoms with E-state index < -0.39 is 33.9 Å². The largest absolute Gasteiger partial charge is 0.480 e. The summed E-state index contributed by atoms with van der Waals surface area (Å²) in [5.74, 6) is -2.14. The van der Waals surface area contributed by atoms with Gasteiger partial charge in [-0.1, -0.05) is 20.8 Å². The summed E-state index contributed by atoms with van der Waals surface area (Å²) in [5.41, 5.74) is -0.528. The molecule has 3 rings (SSSR count). The van der Waals surface area contributed by atoms with E-state index in [0.717, 1.165) is 0 Å². The molecule has 0 aliphatic heterocycles. The summed E-state index contributed by atoms with van der Waals surface area (Å²) < 4.78 is 4.96. The van der Waals surface area contributed by atoms with Crippen molar-refractivity contribution in [2.75, 3.05) is 0 Å². The lowest BCUT2D eigenvalue weighted by atomic mass is 9.65. The Labute approximate surface area is 132 Å². The SMILES string of the molecule is CC1(C)[C@]2(C(=O)O)CC[C@@]1(C)/C(=N\NC(=O)c1ccco1)C2=O. The Hall–Kier alpha value is -2.44. The Balaban J connectivity index is 1.98. The summed E-state index contributed by atoms with van der Waals surface area (Å²) in [7, 11) is 0. The van der Waals surface area contributed by atoms with Crippen molar-refractivity contribution in [2.24, 2.45) is 21.3 Å². The predicted octanol–water partition coefficient (Wildman–Crippen LogP) is 1.85. The third-order valence-electron chi connectivity index (χ3n) is 5.95. The maximum Gasteiger partial charge on any atom is 0.318 e. The Morgan fingerprint density at radius 1 is 1.30 bits per heavy atom. The molecule has 1 amide bonds. The van der Waals surface area contributed by atoms with Gasteiger partial charge in [0, 0.05) is 5.41 Å². The highest BCUT2D eigenvalue weighted by atomic mass is 16.4. The zero-order valence-electron chi connectivity index (χ0n) is 13.2. The first-order chi connectivity index (χ1) is 10.7. The molecule has 0 aromatic carbocycles. The Bertz CT molecular complexity index is 734. The Morgan fingerprint density at radius 2 is 2.00 bits per heavy atom. The van der Waals surface area contributed by atoms with Crippen LogP contribution in [0.25, 0.3) is 0 Å². The zero-order valence-corrected chi connectivity index (χ0v) is 13.2. The van der Waals surface area contributed by atoms with Gasteiger partial charge in [0.05, 0.1) is 6.26 Å². The van der Waals surface area contributed by atoms with Crippen LogP contribution in [0.4, 0.5) is 0 Å². The van der Waals surface area contributed by atoms with Crippen LogP contribution in [-0.2, 0) is 9.59 Å². The second kappa shape index (κ2) is 4.53. The number of carboxylic acids is 1. The van der Waals surface area contributed by atoms with Crippen LogP contribution in [0.5, 0.6) is 0 Å². The van der Waals surface area contributed by atoms with Gasteiger partial charge in [0.15, 0.2) is 11.5 Å². The van der Waals surface area contributed by atoms with Crippen molar-refractivity contribution in [1.29, 1.82) is 0 Å². The van der Waals surface area contributed by atoms with Crippen molar-refractivity contribution < 1.29 is 23.9 Å². The highest BCUT2D eigenvalue weighted by molar-refractivity contribution is 6.50. The fourth-order valence-electron chi connectivity index (χ4n) is 4.01. The molecule has 0 unspecified atom stereocenters. The standard InChI is InChI=1S/C16H18N2O5/c1-14(2)15(3)6-7-16(14,13(21)22)11(19)10(15)17-18-12(20)9-5-4-8-23-9/h4-5,8H,6-7H2,1-3H3,(H,18,20)(H,21,22)/b17-10-/t15-,16+/m0/s1. The molecular weight excluding hydrogens is 300 g/mol. The molecule has 0 radical (unpaired) electrons. The summed E-state index contributed by atoms with van der Waals surface area (Å²) in [6.07, 6.45) is 2.18. The second-order valence-corrected chi connectivity index (χ2v) is 6.88. The number of fused-ring (bicyclic) bond motifs is 2. The van der Waals surface area contributed by atoms with Crippen LogP contribution < -0.4 is 5.43 Å². The monoisotopic (exact) mass is 318 g/mol. The van der Waals surface area contributed by atoms with Crippen LogP contribution in [0.3, 0.4) is 0 Å². The molecule has 7 heteroatoms. The van der Waals surface area contributed by atoms with Gasteiger partial charge in [-0.05, 0) is 30.4 Å². The molecule has 0 spiro atoms. The average Bonchev–Trinajstić information content (AvgIpc) is 3.09. The molecular formula is C16H18N2O5. The first kappa shape index (κ1) is 15.5. The minimum Gasteiger partial charge on any atom is -0.480 e. The molecule has 122 valence electrons. The van der Waals surface area contributed by atoms with Crippen molar-refractivity contribution in [3.05, 3.63) is 24.2 Å². The van der Waals surface area contributed by atoms with Crippen LogP contribution >= 0.6 is 0 Å². The number of carboxylic acid groups (broad SMARTS) is 1. The van der Waals surface area contributed by atoms with Crippen molar-refractivity contribution in [2.45, 2.75) is 33.6 Å². The van der Waals surface area contributed by atoms with Crippen LogP contribution in [0.15, 0.2) is 27.9 Å². The van der Waals surface area contributed by atoms with E-state index in [4.69, 9.17) is 4.42 Å². The maximum atomic E-state index is 12.8. The first-order valence-corrected chi connectivity index (χ1v) is 7.39. The quantitative estimate of drug-likeness (QED) is 0.653. The van der Waals surface area contributed by atoms with Gasteiger partial charge in [-0.2, -0.15) is 5.10 Å². The number of furan rings is 1. The first-order valence-electron chi connectivity index (χ1n) is 7.39. The van der Waals surface area contributed by atoms with Gasteiger partial charge < -0.3 is 9.52 Å². The molecule has 2 aliphatic carbocycles. The second-order valence-electron chi connectivity index (χ2n) is 6.88. The Kier molecular flexibility index (Phi) is 3.05. The predicted molar refractivity (Wildman–Crippen MR) is 79.8 cm³/mol. The highest BCUT2D eigenvalue weighted by Gasteiger charge is 2.77. The van der Waals surface area contributed by atoms with E-state index >= 15 is 0 Å². The summed E-state index contributed by atoms with van der Waals surface area (Å²) in [6, 6.07) is 3.04. The number of hydrazone groups is 1. The zero-order chi connectivity index (χ0) is 17.0. The number of hydrogen-bond donors (Lipinski definition) is 2. The molecule has 2 N–H and O–H groups in total. The number of Topliss-reactive ketones (excluding diaryl/α,β-unsaturated/α-hetero) is 1. The molecule has 0 saturated heterocycles. The molecule has 7 nitrogen and oxygen atoms in total. The third kappa shape index (κ3) is 1.64. The number of amides is 1. The Morgan fingerprint density at radius 3 is 2.52 bits per heavy atom. The molecule has 23 heavy (non-hydrogen) atoms. The van der Waals surface area contributed by atoms with Crippen molar-refractivity contribution >= 4 is 23.4 Å². The fraction of sp³-hybridized carbons (Fsp3) is 0.500. The van der Waals surface area contributed by atoms with E-state index in [1.54, 1.807) is 19.9 Å². The lowest BCUT2D eigenvalue weighted by Crippen LogP contribution is -2.44. The average molecular weight is 318 g/mol. The molecule has 1 heterocycles. The summed E-state index contributed by atoms with van der Waals surface area (Å²) >= 11 is 0. The van der Waals surface area contributed by atoms with E-state index in [0.29, 0.717) is 6.42 Å². The number of nitrogens with one attached hydrogen (secondary N) is 1. The lowest BCUT2D eigenvalue weighted by Gasteiger charge is -2.36. The van der Waals surface area contributed by atoms with E-state index in [9.17, 15) is 19.5 Å². The van der Waals surface area contributed by atoms with E-state index in [1.807, 2.05) is 6.92 Å².